The molecule has 2 rings (SSSR count). The first kappa shape index (κ1) is 11.1. The van der Waals surface area contributed by atoms with Crippen molar-refractivity contribution in [2.45, 2.75) is 16.9 Å². The van der Waals surface area contributed by atoms with Crippen molar-refractivity contribution in [2.24, 2.45) is 4.99 Å². The molecule has 0 amide bonds. The Labute approximate surface area is 102 Å². The van der Waals surface area contributed by atoms with Crippen molar-refractivity contribution < 1.29 is 0 Å². The number of rotatable bonds is 2. The number of amidine groups is 1. The predicted octanol–water partition coefficient (Wildman–Crippen LogP) is 2.29. The van der Waals surface area contributed by atoms with Gasteiger partial charge in [0, 0.05) is 28.9 Å². The van der Waals surface area contributed by atoms with Crippen molar-refractivity contribution in [1.29, 1.82) is 0 Å². The number of thioether (sulfide) groups is 2. The summed E-state index contributed by atoms with van der Waals surface area (Å²) in [6, 6.07) is 0. The molecule has 2 aliphatic heterocycles. The topological polar surface area (TPSA) is 15.6 Å². The summed E-state index contributed by atoms with van der Waals surface area (Å²) in [7, 11) is 0. The molecule has 0 aliphatic carbocycles. The van der Waals surface area contributed by atoms with Gasteiger partial charge in [0.05, 0.1) is 6.54 Å². The Morgan fingerprint density at radius 1 is 1.71 bits per heavy atom. The Morgan fingerprint density at radius 3 is 3.14 bits per heavy atom. The Balaban J connectivity index is 1.86. The van der Waals surface area contributed by atoms with Crippen LogP contribution in [0, 0.1) is 0 Å². The lowest BCUT2D eigenvalue weighted by molar-refractivity contribution is 0.531. The molecule has 0 aromatic rings. The molecule has 0 spiro atoms. The van der Waals surface area contributed by atoms with Crippen molar-refractivity contribution in [3.05, 3.63) is 0 Å². The minimum absolute atomic E-state index is 0.665. The smallest absolute Gasteiger partial charge is 0.159 e. The molecule has 0 bridgehead atoms. The fraction of sp³-hybridized carbons (Fsp3) is 0.889. The van der Waals surface area contributed by atoms with E-state index in [2.05, 4.69) is 32.1 Å². The van der Waals surface area contributed by atoms with Crippen molar-refractivity contribution in [2.75, 3.05) is 31.2 Å². The van der Waals surface area contributed by atoms with Crippen LogP contribution in [0.4, 0.5) is 0 Å². The Kier molecular flexibility index (Phi) is 4.08. The summed E-state index contributed by atoms with van der Waals surface area (Å²) in [5.74, 6) is 0. The Bertz CT molecular complexity index is 235. The normalized spacial score (nSPS) is 32.4. The van der Waals surface area contributed by atoms with Gasteiger partial charge in [0.1, 0.15) is 0 Å². The molecule has 0 radical (unpaired) electrons. The van der Waals surface area contributed by atoms with Gasteiger partial charge in [-0.2, -0.15) is 11.8 Å². The van der Waals surface area contributed by atoms with Crippen LogP contribution >= 0.6 is 39.5 Å². The van der Waals surface area contributed by atoms with Crippen molar-refractivity contribution in [3.63, 3.8) is 0 Å². The number of aliphatic imine (C=N–C) groups is 1. The average Bonchev–Trinajstić information content (AvgIpc) is 2.86. The van der Waals surface area contributed by atoms with E-state index in [4.69, 9.17) is 0 Å². The first-order valence-electron chi connectivity index (χ1n) is 4.88. The number of hydrogen-bond acceptors (Lipinski definition) is 4. The van der Waals surface area contributed by atoms with E-state index in [9.17, 15) is 0 Å². The van der Waals surface area contributed by atoms with Crippen molar-refractivity contribution >= 4 is 44.6 Å². The van der Waals surface area contributed by atoms with Crippen LogP contribution in [0.25, 0.3) is 0 Å². The highest BCUT2D eigenvalue weighted by atomic mass is 79.9. The monoisotopic (exact) mass is 294 g/mol. The number of halogens is 1. The second-order valence-electron chi connectivity index (χ2n) is 3.61. The zero-order valence-electron chi connectivity index (χ0n) is 8.28. The molecule has 80 valence electrons. The molecule has 2 aliphatic rings. The molecule has 2 nitrogen and oxygen atoms in total. The lowest BCUT2D eigenvalue weighted by Crippen LogP contribution is -2.26. The fourth-order valence-corrected chi connectivity index (χ4v) is 4.00. The quantitative estimate of drug-likeness (QED) is 0.727. The van der Waals surface area contributed by atoms with E-state index in [1.807, 2.05) is 23.5 Å². The van der Waals surface area contributed by atoms with Gasteiger partial charge in [0.2, 0.25) is 0 Å². The first-order valence-corrected chi connectivity index (χ1v) is 8.17. The standard InChI is InChI=1S/C9H15BrN2S2/c1-13-7-2-3-12(6-7)9-11-5-8(4-10)14-9/h7-8H,2-6H2,1H3. The summed E-state index contributed by atoms with van der Waals surface area (Å²) in [5, 5.41) is 3.83. The molecule has 0 aromatic carbocycles. The highest BCUT2D eigenvalue weighted by molar-refractivity contribution is 9.09. The lowest BCUT2D eigenvalue weighted by atomic mass is 10.4. The number of likely N-dealkylation sites (tertiary alicyclic amines) is 1. The molecular formula is C9H15BrN2S2. The van der Waals surface area contributed by atoms with E-state index in [1.165, 1.54) is 24.7 Å². The van der Waals surface area contributed by atoms with Gasteiger partial charge in [-0.1, -0.05) is 27.7 Å². The van der Waals surface area contributed by atoms with Crippen LogP contribution in [-0.2, 0) is 0 Å². The van der Waals surface area contributed by atoms with Gasteiger partial charge < -0.3 is 4.90 Å². The summed E-state index contributed by atoms with van der Waals surface area (Å²) in [6.45, 7) is 3.39. The number of nitrogens with zero attached hydrogens (tertiary/aromatic N) is 2. The van der Waals surface area contributed by atoms with Crippen LogP contribution < -0.4 is 0 Å². The van der Waals surface area contributed by atoms with Crippen molar-refractivity contribution in [1.82, 2.24) is 4.90 Å². The van der Waals surface area contributed by atoms with Crippen LogP contribution in [0.2, 0.25) is 0 Å². The summed E-state index contributed by atoms with van der Waals surface area (Å²) < 4.78 is 0. The van der Waals surface area contributed by atoms with Gasteiger partial charge in [-0.05, 0) is 12.7 Å². The number of alkyl halides is 1. The van der Waals surface area contributed by atoms with Crippen LogP contribution in [0.5, 0.6) is 0 Å². The van der Waals surface area contributed by atoms with Gasteiger partial charge in [-0.3, -0.25) is 4.99 Å². The molecule has 5 heteroatoms. The third kappa shape index (κ3) is 2.42. The summed E-state index contributed by atoms with van der Waals surface area (Å²) >= 11 is 7.45. The van der Waals surface area contributed by atoms with Gasteiger partial charge in [0.15, 0.2) is 5.17 Å². The molecule has 1 fully saturated rings. The minimum atomic E-state index is 0.665. The second kappa shape index (κ2) is 5.12. The second-order valence-corrected chi connectivity index (χ2v) is 6.66. The molecule has 1 saturated heterocycles. The van der Waals surface area contributed by atoms with Crippen molar-refractivity contribution in [3.8, 4) is 0 Å². The van der Waals surface area contributed by atoms with E-state index in [0.717, 1.165) is 17.1 Å². The summed E-state index contributed by atoms with van der Waals surface area (Å²) in [6.07, 6.45) is 3.53. The van der Waals surface area contributed by atoms with E-state index in [0.29, 0.717) is 5.25 Å². The highest BCUT2D eigenvalue weighted by Gasteiger charge is 2.28. The van der Waals surface area contributed by atoms with Gasteiger partial charge in [-0.15, -0.1) is 0 Å². The Morgan fingerprint density at radius 2 is 2.57 bits per heavy atom. The molecule has 0 aromatic heterocycles. The third-order valence-electron chi connectivity index (χ3n) is 2.62. The average molecular weight is 295 g/mol. The molecule has 2 unspecified atom stereocenters. The Hall–Kier alpha value is 0.650. The van der Waals surface area contributed by atoms with E-state index in [1.54, 1.807) is 0 Å². The fourth-order valence-electron chi connectivity index (χ4n) is 1.75. The summed E-state index contributed by atoms with van der Waals surface area (Å²) in [5.41, 5.74) is 0. The van der Waals surface area contributed by atoms with E-state index >= 15 is 0 Å². The van der Waals surface area contributed by atoms with Crippen LogP contribution in [0.15, 0.2) is 4.99 Å². The van der Waals surface area contributed by atoms with E-state index in [-0.39, 0.29) is 0 Å². The first-order chi connectivity index (χ1) is 6.83. The maximum Gasteiger partial charge on any atom is 0.159 e. The lowest BCUT2D eigenvalue weighted by Gasteiger charge is -2.17. The molecule has 14 heavy (non-hydrogen) atoms. The minimum Gasteiger partial charge on any atom is -0.350 e. The largest absolute Gasteiger partial charge is 0.350 e. The SMILES string of the molecule is CSC1CCN(C2=NCC(CBr)S2)C1. The van der Waals surface area contributed by atoms with Gasteiger partial charge >= 0.3 is 0 Å². The molecule has 2 atom stereocenters. The summed E-state index contributed by atoms with van der Waals surface area (Å²) in [4.78, 5) is 7.06. The highest BCUT2D eigenvalue weighted by Crippen LogP contribution is 2.29. The molecule has 2 heterocycles. The maximum absolute atomic E-state index is 4.60. The van der Waals surface area contributed by atoms with Gasteiger partial charge in [0.25, 0.3) is 0 Å². The molecule has 0 saturated carbocycles. The van der Waals surface area contributed by atoms with E-state index < -0.39 is 0 Å². The van der Waals surface area contributed by atoms with Gasteiger partial charge in [-0.25, -0.2) is 0 Å². The zero-order chi connectivity index (χ0) is 9.97. The predicted molar refractivity (Wildman–Crippen MR) is 71.0 cm³/mol. The molecular weight excluding hydrogens is 280 g/mol. The van der Waals surface area contributed by atoms with Crippen LogP contribution in [0.1, 0.15) is 6.42 Å². The third-order valence-corrected chi connectivity index (χ3v) is 6.13. The zero-order valence-corrected chi connectivity index (χ0v) is 11.5. The maximum atomic E-state index is 4.60. The van der Waals surface area contributed by atoms with Crippen LogP contribution in [-0.4, -0.2) is 51.8 Å². The number of hydrogen-bond donors (Lipinski definition) is 0. The van der Waals surface area contributed by atoms with Crippen LogP contribution in [0.3, 0.4) is 0 Å². The molecule has 0 N–H and O–H groups in total.